The highest BCUT2D eigenvalue weighted by atomic mass is 16.5. The average Bonchev–Trinajstić information content (AvgIpc) is 2.93. The van der Waals surface area contributed by atoms with E-state index in [0.717, 1.165) is 5.56 Å². The molecule has 0 bridgehead atoms. The van der Waals surface area contributed by atoms with Gasteiger partial charge in [-0.1, -0.05) is 42.5 Å². The smallest absolute Gasteiger partial charge is 0.322 e. The lowest BCUT2D eigenvalue weighted by Crippen LogP contribution is -2.31. The van der Waals surface area contributed by atoms with E-state index in [4.69, 9.17) is 9.47 Å². The van der Waals surface area contributed by atoms with Crippen LogP contribution in [0.15, 0.2) is 36.4 Å². The number of benzene rings is 1. The van der Waals surface area contributed by atoms with E-state index in [1.54, 1.807) is 0 Å². The number of rotatable bonds is 5. The van der Waals surface area contributed by atoms with Crippen molar-refractivity contribution in [2.24, 2.45) is 0 Å². The van der Waals surface area contributed by atoms with E-state index in [-0.39, 0.29) is 18.1 Å². The van der Waals surface area contributed by atoms with Gasteiger partial charge in [0.15, 0.2) is 0 Å². The Morgan fingerprint density at radius 3 is 2.95 bits per heavy atom. The van der Waals surface area contributed by atoms with Crippen LogP contribution in [0.5, 0.6) is 0 Å². The van der Waals surface area contributed by atoms with Gasteiger partial charge in [0.05, 0.1) is 19.8 Å². The average molecular weight is 261 g/mol. The van der Waals surface area contributed by atoms with Crippen LogP contribution in [0.2, 0.25) is 0 Å². The van der Waals surface area contributed by atoms with Crippen molar-refractivity contribution in [3.05, 3.63) is 42.0 Å². The van der Waals surface area contributed by atoms with Gasteiger partial charge in [-0.3, -0.25) is 4.79 Å². The normalized spacial score (nSPS) is 22.8. The van der Waals surface area contributed by atoms with Gasteiger partial charge in [-0.25, -0.2) is 0 Å². The predicted molar refractivity (Wildman–Crippen MR) is 73.6 cm³/mol. The van der Waals surface area contributed by atoms with Crippen molar-refractivity contribution < 1.29 is 14.3 Å². The second-order valence-electron chi connectivity index (χ2n) is 4.49. The molecule has 0 radical (unpaired) electrons. The summed E-state index contributed by atoms with van der Waals surface area (Å²) in [5.41, 5.74) is 1.16. The van der Waals surface area contributed by atoms with E-state index >= 15 is 0 Å². The Kier molecular flexibility index (Phi) is 5.12. The molecular weight excluding hydrogens is 242 g/mol. The lowest BCUT2D eigenvalue weighted by molar-refractivity contribution is -0.142. The standard InChI is InChI=1S/C15H19NO3/c1-18-15(17)14-10-13(11-16-14)19-9-5-8-12-6-3-2-4-7-12/h2-8,13-14,16H,9-11H2,1H3/b8-5+. The van der Waals surface area contributed by atoms with Crippen LogP contribution in [0.1, 0.15) is 12.0 Å². The van der Waals surface area contributed by atoms with E-state index in [0.29, 0.717) is 19.6 Å². The van der Waals surface area contributed by atoms with Gasteiger partial charge in [0, 0.05) is 13.0 Å². The van der Waals surface area contributed by atoms with Crippen LogP contribution in [-0.4, -0.2) is 38.4 Å². The maximum Gasteiger partial charge on any atom is 0.322 e. The van der Waals surface area contributed by atoms with Crippen molar-refractivity contribution in [1.29, 1.82) is 0 Å². The van der Waals surface area contributed by atoms with Crippen LogP contribution in [0.3, 0.4) is 0 Å². The minimum atomic E-state index is -0.229. The number of carbonyl (C=O) groups is 1. The lowest BCUT2D eigenvalue weighted by Gasteiger charge is -2.08. The molecule has 2 rings (SSSR count). The number of ether oxygens (including phenoxy) is 2. The van der Waals surface area contributed by atoms with Gasteiger partial charge in [0.2, 0.25) is 0 Å². The second-order valence-corrected chi connectivity index (χ2v) is 4.49. The van der Waals surface area contributed by atoms with Crippen LogP contribution >= 0.6 is 0 Å². The number of nitrogens with one attached hydrogen (secondary N) is 1. The summed E-state index contributed by atoms with van der Waals surface area (Å²) in [6.45, 7) is 1.24. The molecule has 1 aromatic carbocycles. The second kappa shape index (κ2) is 7.07. The molecule has 2 atom stereocenters. The molecule has 1 aliphatic rings. The minimum absolute atomic E-state index is 0.0736. The van der Waals surface area contributed by atoms with E-state index < -0.39 is 0 Å². The summed E-state index contributed by atoms with van der Waals surface area (Å²) >= 11 is 0. The maximum absolute atomic E-state index is 11.3. The number of carbonyl (C=O) groups excluding carboxylic acids is 1. The van der Waals surface area contributed by atoms with Crippen LogP contribution < -0.4 is 5.32 Å². The van der Waals surface area contributed by atoms with Crippen molar-refractivity contribution in [3.63, 3.8) is 0 Å². The number of methoxy groups -OCH3 is 1. The predicted octanol–water partition coefficient (Wildman–Crippen LogP) is 1.62. The molecule has 1 N–H and O–H groups in total. The topological polar surface area (TPSA) is 47.6 Å². The minimum Gasteiger partial charge on any atom is -0.468 e. The van der Waals surface area contributed by atoms with Crippen molar-refractivity contribution in [1.82, 2.24) is 5.32 Å². The maximum atomic E-state index is 11.3. The first-order valence-corrected chi connectivity index (χ1v) is 6.44. The first kappa shape index (κ1) is 13.8. The van der Waals surface area contributed by atoms with Crippen molar-refractivity contribution in [3.8, 4) is 0 Å². The van der Waals surface area contributed by atoms with Crippen molar-refractivity contribution >= 4 is 12.0 Å². The third kappa shape index (κ3) is 4.19. The van der Waals surface area contributed by atoms with Crippen LogP contribution in [0.4, 0.5) is 0 Å². The van der Waals surface area contributed by atoms with Gasteiger partial charge in [-0.05, 0) is 5.56 Å². The van der Waals surface area contributed by atoms with Crippen molar-refractivity contribution in [2.75, 3.05) is 20.3 Å². The zero-order valence-electron chi connectivity index (χ0n) is 11.0. The number of esters is 1. The van der Waals surface area contributed by atoms with Gasteiger partial charge < -0.3 is 14.8 Å². The molecule has 0 aromatic heterocycles. The highest BCUT2D eigenvalue weighted by Gasteiger charge is 2.30. The summed E-state index contributed by atoms with van der Waals surface area (Å²) in [5, 5.41) is 3.09. The summed E-state index contributed by atoms with van der Waals surface area (Å²) in [7, 11) is 1.40. The summed E-state index contributed by atoms with van der Waals surface area (Å²) in [5.74, 6) is -0.217. The molecule has 2 unspecified atom stereocenters. The number of hydrogen-bond donors (Lipinski definition) is 1. The summed E-state index contributed by atoms with van der Waals surface area (Å²) < 4.78 is 10.4. The number of hydrogen-bond acceptors (Lipinski definition) is 4. The Bertz CT molecular complexity index is 430. The summed E-state index contributed by atoms with van der Waals surface area (Å²) in [6.07, 6.45) is 4.76. The molecule has 4 nitrogen and oxygen atoms in total. The van der Waals surface area contributed by atoms with E-state index in [1.165, 1.54) is 7.11 Å². The molecule has 1 aliphatic heterocycles. The third-order valence-corrected chi connectivity index (χ3v) is 3.11. The first-order chi connectivity index (χ1) is 9.29. The molecule has 1 fully saturated rings. The fourth-order valence-corrected chi connectivity index (χ4v) is 2.09. The molecule has 1 heterocycles. The van der Waals surface area contributed by atoms with E-state index in [9.17, 15) is 4.79 Å². The van der Waals surface area contributed by atoms with Crippen LogP contribution in [0.25, 0.3) is 6.08 Å². The molecule has 0 amide bonds. The van der Waals surface area contributed by atoms with E-state index in [1.807, 2.05) is 42.5 Å². The Morgan fingerprint density at radius 2 is 2.21 bits per heavy atom. The zero-order valence-corrected chi connectivity index (χ0v) is 11.0. The SMILES string of the molecule is COC(=O)C1CC(OC/C=C/c2ccccc2)CN1. The Balaban J connectivity index is 1.70. The van der Waals surface area contributed by atoms with Crippen molar-refractivity contribution in [2.45, 2.75) is 18.6 Å². The van der Waals surface area contributed by atoms with Gasteiger partial charge in [0.25, 0.3) is 0 Å². The van der Waals surface area contributed by atoms with Crippen LogP contribution in [0, 0.1) is 0 Å². The fourth-order valence-electron chi connectivity index (χ4n) is 2.09. The monoisotopic (exact) mass is 261 g/mol. The highest BCUT2D eigenvalue weighted by Crippen LogP contribution is 2.11. The van der Waals surface area contributed by atoms with Gasteiger partial charge in [-0.2, -0.15) is 0 Å². The summed E-state index contributed by atoms with van der Waals surface area (Å²) in [6, 6.07) is 9.85. The molecule has 4 heteroatoms. The highest BCUT2D eigenvalue weighted by molar-refractivity contribution is 5.76. The van der Waals surface area contributed by atoms with Gasteiger partial charge >= 0.3 is 5.97 Å². The zero-order chi connectivity index (χ0) is 13.5. The van der Waals surface area contributed by atoms with E-state index in [2.05, 4.69) is 5.32 Å². The molecule has 19 heavy (non-hydrogen) atoms. The first-order valence-electron chi connectivity index (χ1n) is 6.44. The molecule has 0 saturated carbocycles. The third-order valence-electron chi connectivity index (χ3n) is 3.11. The summed E-state index contributed by atoms with van der Waals surface area (Å²) in [4.78, 5) is 11.3. The Labute approximate surface area is 113 Å². The van der Waals surface area contributed by atoms with Crippen LogP contribution in [-0.2, 0) is 14.3 Å². The molecule has 0 spiro atoms. The quantitative estimate of drug-likeness (QED) is 0.818. The lowest BCUT2D eigenvalue weighted by atomic mass is 10.2. The Morgan fingerprint density at radius 1 is 1.42 bits per heavy atom. The molecule has 1 aromatic rings. The molecule has 1 saturated heterocycles. The molecule has 102 valence electrons. The molecule has 0 aliphatic carbocycles. The van der Waals surface area contributed by atoms with Gasteiger partial charge in [-0.15, -0.1) is 0 Å². The van der Waals surface area contributed by atoms with Gasteiger partial charge in [0.1, 0.15) is 6.04 Å². The Hall–Kier alpha value is -1.65. The molecular formula is C15H19NO3. The largest absolute Gasteiger partial charge is 0.468 e. The fraction of sp³-hybridized carbons (Fsp3) is 0.400.